The normalized spacial score (nSPS) is 23.7. The van der Waals surface area contributed by atoms with Gasteiger partial charge in [0.1, 0.15) is 35.2 Å². The van der Waals surface area contributed by atoms with Crippen LogP contribution >= 0.6 is 18.7 Å². The van der Waals surface area contributed by atoms with E-state index < -0.39 is 42.0 Å². The van der Waals surface area contributed by atoms with Gasteiger partial charge in [0.05, 0.1) is 42.4 Å². The van der Waals surface area contributed by atoms with Crippen molar-refractivity contribution in [3.05, 3.63) is 54.2 Å². The largest absolute Gasteiger partial charge is 0.497 e. The molecule has 0 spiro atoms. The van der Waals surface area contributed by atoms with Gasteiger partial charge in [-0.2, -0.15) is 0 Å². The van der Waals surface area contributed by atoms with E-state index in [0.717, 1.165) is 36.2 Å². The molecule has 2 aliphatic carbocycles. The maximum atomic E-state index is 14.8. The van der Waals surface area contributed by atoms with Crippen LogP contribution in [-0.2, 0) is 23.7 Å². The van der Waals surface area contributed by atoms with Crippen molar-refractivity contribution >= 4 is 52.4 Å². The summed E-state index contributed by atoms with van der Waals surface area (Å²) in [6.45, 7) is 15.9. The van der Waals surface area contributed by atoms with E-state index in [1.165, 1.54) is 17.2 Å². The summed E-state index contributed by atoms with van der Waals surface area (Å²) >= 11 is 1.49. The molecular formula is C45H61N4O8PS. The highest BCUT2D eigenvalue weighted by Gasteiger charge is 2.63. The standard InChI is InChI=1S/C45H61N4O8PS/c1-9-11-18-58(53,54)45(24-29(45)10-2)25-31(50)19-30-20-34(26-49(30)42(52)36(44(5,6)7)22-41(51)57-32-14-12-13-15-32)56-40-23-38(39-27-59-43(48-39)46-28(3)4)47-37-21-33(55-8)16-17-35(37)40/h10-11,16-18,21,23,27-30,32,34,36H,2,9,12-15,19-20,22,24-26H2,1,3-8H3,(H,46,48)(H,53,54)/b18-11-/t29-,30?,34-,36-,45-/m1/s1. The smallest absolute Gasteiger partial charge is 0.306 e. The highest BCUT2D eigenvalue weighted by Crippen LogP contribution is 2.73. The first kappa shape index (κ1) is 44.5. The fourth-order valence-electron chi connectivity index (χ4n) is 8.59. The third kappa shape index (κ3) is 10.3. The first-order chi connectivity index (χ1) is 28.0. The molecule has 3 heterocycles. The van der Waals surface area contributed by atoms with Gasteiger partial charge in [-0.15, -0.1) is 17.9 Å². The number of nitrogens with one attached hydrogen (secondary N) is 1. The number of thiazole rings is 1. The SMILES string of the molecule is C=C[C@@H]1C[C@]1(CC(=O)CC1C[C@@H](Oc2cc(-c3csc(NC(C)C)n3)nc3cc(OC)ccc23)CN1C(=O)[C@@H](CC(=O)OC1CCCC1)C(C)(C)C)P(=O)(O)/C=C\CC. The first-order valence-corrected chi connectivity index (χ1v) is 23.6. The second-order valence-electron chi connectivity index (χ2n) is 17.9. The Kier molecular flexibility index (Phi) is 13.8. The van der Waals surface area contributed by atoms with Crippen LogP contribution in [0.2, 0.25) is 0 Å². The number of esters is 1. The summed E-state index contributed by atoms with van der Waals surface area (Å²) in [4.78, 5) is 65.0. The Morgan fingerprint density at radius 3 is 2.53 bits per heavy atom. The third-order valence-corrected chi connectivity index (χ3v) is 15.3. The molecule has 1 aliphatic heterocycles. The van der Waals surface area contributed by atoms with E-state index in [4.69, 9.17) is 24.2 Å². The number of aromatic nitrogens is 2. The summed E-state index contributed by atoms with van der Waals surface area (Å²) in [5.74, 6) is 0.723. The van der Waals surface area contributed by atoms with E-state index in [0.29, 0.717) is 47.7 Å². The molecule has 0 bridgehead atoms. The summed E-state index contributed by atoms with van der Waals surface area (Å²) in [6.07, 6.45) is 7.50. The van der Waals surface area contributed by atoms with Crippen LogP contribution in [0.3, 0.4) is 0 Å². The second-order valence-corrected chi connectivity index (χ2v) is 21.1. The van der Waals surface area contributed by atoms with Crippen molar-refractivity contribution < 1.29 is 38.1 Å². The number of methoxy groups -OCH3 is 1. The molecule has 1 saturated heterocycles. The number of ether oxygens (including phenoxy) is 3. The van der Waals surface area contributed by atoms with Crippen molar-refractivity contribution in [2.75, 3.05) is 19.0 Å². The number of benzene rings is 1. The zero-order valence-electron chi connectivity index (χ0n) is 35.6. The average molecular weight is 849 g/mol. The van der Waals surface area contributed by atoms with Gasteiger partial charge in [-0.25, -0.2) is 9.97 Å². The van der Waals surface area contributed by atoms with Crippen LogP contribution in [0.4, 0.5) is 5.13 Å². The summed E-state index contributed by atoms with van der Waals surface area (Å²) < 4.78 is 31.9. The number of hydrogen-bond donors (Lipinski definition) is 2. The maximum Gasteiger partial charge on any atom is 0.306 e. The number of allylic oxidation sites excluding steroid dienone is 2. The summed E-state index contributed by atoms with van der Waals surface area (Å²) in [6, 6.07) is 7.07. The van der Waals surface area contributed by atoms with E-state index in [2.05, 4.69) is 11.9 Å². The maximum absolute atomic E-state index is 14.8. The molecule has 2 saturated carbocycles. The van der Waals surface area contributed by atoms with Crippen molar-refractivity contribution in [3.63, 3.8) is 0 Å². The number of ketones is 1. The Morgan fingerprint density at radius 2 is 1.88 bits per heavy atom. The third-order valence-electron chi connectivity index (χ3n) is 12.0. The minimum absolute atomic E-state index is 0.0257. The highest BCUT2D eigenvalue weighted by atomic mass is 32.1. The van der Waals surface area contributed by atoms with Crippen molar-refractivity contribution in [2.24, 2.45) is 17.3 Å². The predicted octanol–water partition coefficient (Wildman–Crippen LogP) is 9.56. The quantitative estimate of drug-likeness (QED) is 0.0714. The van der Waals surface area contributed by atoms with Gasteiger partial charge in [0, 0.05) is 54.2 Å². The zero-order chi connectivity index (χ0) is 42.7. The Hall–Kier alpha value is -4.06. The molecule has 3 fully saturated rings. The molecule has 1 aromatic carbocycles. The number of pyridine rings is 1. The molecule has 1 amide bonds. The molecule has 320 valence electrons. The fraction of sp³-hybridized carbons (Fsp3) is 0.578. The number of Topliss-reactive ketones (excluding diaryl/α,β-unsaturated/α-hetero) is 1. The lowest BCUT2D eigenvalue weighted by molar-refractivity contribution is -0.156. The van der Waals surface area contributed by atoms with Crippen LogP contribution in [0.15, 0.2) is 54.2 Å². The van der Waals surface area contributed by atoms with Gasteiger partial charge in [-0.3, -0.25) is 18.9 Å². The molecule has 2 unspecified atom stereocenters. The summed E-state index contributed by atoms with van der Waals surface area (Å²) in [5.41, 5.74) is 1.33. The second kappa shape index (κ2) is 18.3. The molecule has 2 aromatic heterocycles. The van der Waals surface area contributed by atoms with Crippen molar-refractivity contribution in [2.45, 2.75) is 135 Å². The van der Waals surface area contributed by atoms with Crippen LogP contribution in [0.1, 0.15) is 106 Å². The summed E-state index contributed by atoms with van der Waals surface area (Å²) in [7, 11) is -2.25. The van der Waals surface area contributed by atoms with Gasteiger partial charge in [0.15, 0.2) is 5.13 Å². The lowest BCUT2D eigenvalue weighted by Crippen LogP contribution is -2.46. The number of fused-ring (bicyclic) bond motifs is 1. The van der Waals surface area contributed by atoms with E-state index in [1.54, 1.807) is 24.2 Å². The van der Waals surface area contributed by atoms with Crippen molar-refractivity contribution in [1.82, 2.24) is 14.9 Å². The number of likely N-dealkylation sites (tertiary alicyclic amines) is 1. The topological polar surface area (TPSA) is 157 Å². The average Bonchev–Trinajstić information content (AvgIpc) is 3.55. The van der Waals surface area contributed by atoms with E-state index in [-0.39, 0.29) is 55.6 Å². The van der Waals surface area contributed by atoms with Gasteiger partial charge in [-0.05, 0) is 81.7 Å². The number of anilines is 1. The molecule has 6 atom stereocenters. The van der Waals surface area contributed by atoms with Crippen LogP contribution < -0.4 is 14.8 Å². The van der Waals surface area contributed by atoms with Gasteiger partial charge < -0.3 is 29.3 Å². The van der Waals surface area contributed by atoms with Crippen LogP contribution in [0.25, 0.3) is 22.3 Å². The van der Waals surface area contributed by atoms with Gasteiger partial charge in [0.25, 0.3) is 0 Å². The van der Waals surface area contributed by atoms with Crippen LogP contribution in [0.5, 0.6) is 11.5 Å². The fourth-order valence-corrected chi connectivity index (χ4v) is 11.7. The number of amides is 1. The minimum atomic E-state index is -3.85. The molecule has 6 rings (SSSR count). The van der Waals surface area contributed by atoms with Crippen LogP contribution in [-0.4, -0.2) is 80.5 Å². The number of carbonyl (C=O) groups is 3. The molecule has 14 heteroatoms. The number of carbonyl (C=O) groups excluding carboxylic acids is 3. The molecule has 3 aliphatic rings. The lowest BCUT2D eigenvalue weighted by Gasteiger charge is -2.35. The first-order valence-electron chi connectivity index (χ1n) is 21.0. The van der Waals surface area contributed by atoms with Gasteiger partial charge in [0.2, 0.25) is 13.3 Å². The summed E-state index contributed by atoms with van der Waals surface area (Å²) in [5, 5.41) is 5.70. The molecular weight excluding hydrogens is 788 g/mol. The van der Waals surface area contributed by atoms with Crippen LogP contribution in [0, 0.1) is 17.3 Å². The Bertz CT molecular complexity index is 2110. The molecule has 2 N–H and O–H groups in total. The molecule has 3 aromatic rings. The zero-order valence-corrected chi connectivity index (χ0v) is 37.3. The van der Waals surface area contributed by atoms with Crippen molar-refractivity contribution in [3.8, 4) is 22.9 Å². The number of hydrogen-bond acceptors (Lipinski definition) is 11. The number of nitrogens with zero attached hydrogens (tertiary/aromatic N) is 3. The Morgan fingerprint density at radius 1 is 1.14 bits per heavy atom. The minimum Gasteiger partial charge on any atom is -0.497 e. The number of rotatable bonds is 18. The van der Waals surface area contributed by atoms with Crippen molar-refractivity contribution in [1.29, 1.82) is 0 Å². The molecule has 59 heavy (non-hydrogen) atoms. The Labute approximate surface area is 352 Å². The lowest BCUT2D eigenvalue weighted by atomic mass is 9.77. The monoisotopic (exact) mass is 848 g/mol. The molecule has 12 nitrogen and oxygen atoms in total. The van der Waals surface area contributed by atoms with E-state index >= 15 is 0 Å². The van der Waals surface area contributed by atoms with Gasteiger partial charge >= 0.3 is 5.97 Å². The predicted molar refractivity (Wildman–Crippen MR) is 233 cm³/mol. The Balaban J connectivity index is 1.31. The van der Waals surface area contributed by atoms with Gasteiger partial charge in [-0.1, -0.05) is 39.8 Å². The van der Waals surface area contributed by atoms with E-state index in [9.17, 15) is 23.8 Å². The molecule has 0 radical (unpaired) electrons. The highest BCUT2D eigenvalue weighted by molar-refractivity contribution is 7.63. The van der Waals surface area contributed by atoms with E-state index in [1.807, 2.05) is 71.2 Å².